The van der Waals surface area contributed by atoms with Gasteiger partial charge < -0.3 is 14.8 Å². The molecule has 0 spiro atoms. The number of hydrogen-bond acceptors (Lipinski definition) is 4. The molecule has 2 saturated heterocycles. The minimum Gasteiger partial charge on any atom is -0.340 e. The van der Waals surface area contributed by atoms with Crippen molar-refractivity contribution in [3.05, 3.63) is 12.4 Å². The molecular formula is C15H27N5. The Bertz CT molecular complexity index is 402. The number of aryl methyl sites for hydroxylation is 1. The molecule has 1 aromatic heterocycles. The van der Waals surface area contributed by atoms with Gasteiger partial charge >= 0.3 is 0 Å². The van der Waals surface area contributed by atoms with Gasteiger partial charge in [-0.15, -0.1) is 0 Å². The molecular weight excluding hydrogens is 250 g/mol. The van der Waals surface area contributed by atoms with Crippen LogP contribution in [0.15, 0.2) is 12.4 Å². The van der Waals surface area contributed by atoms with Crippen LogP contribution in [-0.2, 0) is 6.54 Å². The molecule has 1 N–H and O–H groups in total. The van der Waals surface area contributed by atoms with E-state index in [1.165, 1.54) is 32.4 Å². The first-order valence-corrected chi connectivity index (χ1v) is 8.08. The van der Waals surface area contributed by atoms with Gasteiger partial charge in [-0.2, -0.15) is 0 Å². The van der Waals surface area contributed by atoms with Crippen molar-refractivity contribution in [2.24, 2.45) is 0 Å². The highest BCUT2D eigenvalue weighted by Gasteiger charge is 2.22. The first kappa shape index (κ1) is 13.9. The van der Waals surface area contributed by atoms with Crippen molar-refractivity contribution in [2.75, 3.05) is 44.2 Å². The molecule has 0 aliphatic carbocycles. The Morgan fingerprint density at radius 1 is 1.25 bits per heavy atom. The summed E-state index contributed by atoms with van der Waals surface area (Å²) >= 11 is 0. The number of aromatic nitrogens is 2. The smallest absolute Gasteiger partial charge is 0.205 e. The zero-order chi connectivity index (χ0) is 13.8. The van der Waals surface area contributed by atoms with Crippen LogP contribution in [0.2, 0.25) is 0 Å². The summed E-state index contributed by atoms with van der Waals surface area (Å²) in [6.07, 6.45) is 8.08. The van der Waals surface area contributed by atoms with Gasteiger partial charge in [0.05, 0.1) is 0 Å². The third-order valence-electron chi connectivity index (χ3n) is 4.58. The molecule has 3 rings (SSSR count). The Morgan fingerprint density at radius 2 is 2.10 bits per heavy atom. The molecule has 3 heterocycles. The highest BCUT2D eigenvalue weighted by Crippen LogP contribution is 2.15. The second-order valence-electron chi connectivity index (χ2n) is 5.95. The van der Waals surface area contributed by atoms with E-state index >= 15 is 0 Å². The molecule has 2 aliphatic rings. The number of piperidine rings is 1. The van der Waals surface area contributed by atoms with Crippen molar-refractivity contribution in [2.45, 2.75) is 38.8 Å². The molecule has 2 fully saturated rings. The van der Waals surface area contributed by atoms with E-state index in [0.29, 0.717) is 6.04 Å². The molecule has 20 heavy (non-hydrogen) atoms. The molecule has 0 amide bonds. The predicted molar refractivity (Wildman–Crippen MR) is 82.2 cm³/mol. The van der Waals surface area contributed by atoms with E-state index in [2.05, 4.69) is 37.8 Å². The lowest BCUT2D eigenvalue weighted by atomic mass is 10.0. The van der Waals surface area contributed by atoms with Crippen molar-refractivity contribution in [1.29, 1.82) is 0 Å². The van der Waals surface area contributed by atoms with E-state index in [0.717, 1.165) is 38.7 Å². The first-order valence-electron chi connectivity index (χ1n) is 8.08. The molecule has 1 aromatic rings. The van der Waals surface area contributed by atoms with Crippen LogP contribution in [0.4, 0.5) is 5.95 Å². The molecule has 0 aromatic carbocycles. The zero-order valence-electron chi connectivity index (χ0n) is 12.6. The highest BCUT2D eigenvalue weighted by atomic mass is 15.3. The van der Waals surface area contributed by atoms with Gasteiger partial charge in [-0.3, -0.25) is 4.90 Å². The summed E-state index contributed by atoms with van der Waals surface area (Å²) in [4.78, 5) is 9.54. The minimum atomic E-state index is 0.716. The SMILES string of the molecule is CCn1ccnc1N1CCN(CC2CCCCN2)CC1. The number of piperazine rings is 1. The summed E-state index contributed by atoms with van der Waals surface area (Å²) in [6.45, 7) is 10.1. The van der Waals surface area contributed by atoms with E-state index in [4.69, 9.17) is 0 Å². The summed E-state index contributed by atoms with van der Waals surface area (Å²) in [5.74, 6) is 1.14. The zero-order valence-corrected chi connectivity index (χ0v) is 12.6. The Hall–Kier alpha value is -1.07. The second kappa shape index (κ2) is 6.59. The summed E-state index contributed by atoms with van der Waals surface area (Å²) in [7, 11) is 0. The summed E-state index contributed by atoms with van der Waals surface area (Å²) < 4.78 is 2.23. The third-order valence-corrected chi connectivity index (χ3v) is 4.58. The molecule has 1 atom stereocenters. The fraction of sp³-hybridized carbons (Fsp3) is 0.800. The fourth-order valence-electron chi connectivity index (χ4n) is 3.35. The van der Waals surface area contributed by atoms with E-state index in [9.17, 15) is 0 Å². The van der Waals surface area contributed by atoms with Crippen LogP contribution in [-0.4, -0.2) is 59.8 Å². The fourth-order valence-corrected chi connectivity index (χ4v) is 3.35. The van der Waals surface area contributed by atoms with E-state index in [1.54, 1.807) is 0 Å². The number of rotatable bonds is 4. The van der Waals surface area contributed by atoms with Gasteiger partial charge in [0.15, 0.2) is 0 Å². The maximum absolute atomic E-state index is 4.51. The van der Waals surface area contributed by atoms with Crippen LogP contribution in [0.25, 0.3) is 0 Å². The topological polar surface area (TPSA) is 36.3 Å². The number of nitrogens with one attached hydrogen (secondary N) is 1. The Kier molecular flexibility index (Phi) is 4.58. The van der Waals surface area contributed by atoms with Gasteiger partial charge in [-0.05, 0) is 26.3 Å². The van der Waals surface area contributed by atoms with Crippen LogP contribution >= 0.6 is 0 Å². The van der Waals surface area contributed by atoms with Crippen LogP contribution in [0, 0.1) is 0 Å². The largest absolute Gasteiger partial charge is 0.340 e. The molecule has 5 nitrogen and oxygen atoms in total. The van der Waals surface area contributed by atoms with Gasteiger partial charge in [0, 0.05) is 57.7 Å². The molecule has 2 aliphatic heterocycles. The number of anilines is 1. The van der Waals surface area contributed by atoms with E-state index in [1.807, 2.05) is 6.20 Å². The number of nitrogens with zero attached hydrogens (tertiary/aromatic N) is 4. The van der Waals surface area contributed by atoms with Crippen molar-refractivity contribution in [3.63, 3.8) is 0 Å². The first-order chi connectivity index (χ1) is 9.86. The Morgan fingerprint density at radius 3 is 2.80 bits per heavy atom. The van der Waals surface area contributed by atoms with Gasteiger partial charge in [-0.25, -0.2) is 4.98 Å². The molecule has 1 unspecified atom stereocenters. The van der Waals surface area contributed by atoms with Crippen LogP contribution in [0.5, 0.6) is 0 Å². The Balaban J connectivity index is 1.49. The van der Waals surface area contributed by atoms with Gasteiger partial charge in [0.25, 0.3) is 0 Å². The average molecular weight is 277 g/mol. The predicted octanol–water partition coefficient (Wildman–Crippen LogP) is 1.17. The molecule has 0 bridgehead atoms. The van der Waals surface area contributed by atoms with Crippen molar-refractivity contribution in [1.82, 2.24) is 19.8 Å². The maximum atomic E-state index is 4.51. The van der Waals surface area contributed by atoms with Crippen LogP contribution < -0.4 is 10.2 Å². The van der Waals surface area contributed by atoms with Gasteiger partial charge in [-0.1, -0.05) is 6.42 Å². The van der Waals surface area contributed by atoms with Crippen molar-refractivity contribution >= 4 is 5.95 Å². The number of imidazole rings is 1. The Labute approximate surface area is 122 Å². The summed E-state index contributed by atoms with van der Waals surface area (Å²) in [6, 6.07) is 0.716. The molecule has 0 saturated carbocycles. The van der Waals surface area contributed by atoms with Crippen LogP contribution in [0.3, 0.4) is 0 Å². The second-order valence-corrected chi connectivity index (χ2v) is 5.95. The normalized spacial score (nSPS) is 25.1. The summed E-state index contributed by atoms with van der Waals surface area (Å²) in [5.41, 5.74) is 0. The molecule has 0 radical (unpaired) electrons. The minimum absolute atomic E-state index is 0.716. The van der Waals surface area contributed by atoms with Gasteiger partial charge in [0.1, 0.15) is 0 Å². The van der Waals surface area contributed by atoms with E-state index in [-0.39, 0.29) is 0 Å². The average Bonchev–Trinajstić information content (AvgIpc) is 2.98. The summed E-state index contributed by atoms with van der Waals surface area (Å²) in [5, 5.41) is 3.65. The standard InChI is InChI=1S/C15H27N5/c1-2-19-8-7-17-15(19)20-11-9-18(10-12-20)13-14-5-3-4-6-16-14/h7-8,14,16H,2-6,9-13H2,1H3. The molecule has 5 heteroatoms. The number of hydrogen-bond donors (Lipinski definition) is 1. The lowest BCUT2D eigenvalue weighted by Gasteiger charge is -2.38. The maximum Gasteiger partial charge on any atom is 0.205 e. The lowest BCUT2D eigenvalue weighted by Crippen LogP contribution is -2.52. The van der Waals surface area contributed by atoms with Crippen molar-refractivity contribution < 1.29 is 0 Å². The third kappa shape index (κ3) is 3.15. The molecule has 112 valence electrons. The van der Waals surface area contributed by atoms with Crippen LogP contribution in [0.1, 0.15) is 26.2 Å². The highest BCUT2D eigenvalue weighted by molar-refractivity contribution is 5.32. The van der Waals surface area contributed by atoms with E-state index < -0.39 is 0 Å². The lowest BCUT2D eigenvalue weighted by molar-refractivity contribution is 0.213. The monoisotopic (exact) mass is 277 g/mol. The van der Waals surface area contributed by atoms with Gasteiger partial charge in [0.2, 0.25) is 5.95 Å². The van der Waals surface area contributed by atoms with Crippen molar-refractivity contribution in [3.8, 4) is 0 Å². The quantitative estimate of drug-likeness (QED) is 0.896.